The number of hydrogen-bond donors (Lipinski definition) is 1. The van der Waals surface area contributed by atoms with Crippen molar-refractivity contribution in [2.45, 2.75) is 12.8 Å². The molecule has 126 valence electrons. The smallest absolute Gasteiger partial charge is 0.355 e. The van der Waals surface area contributed by atoms with Gasteiger partial charge in [0, 0.05) is 26.6 Å². The molecule has 5 nitrogen and oxygen atoms in total. The molecule has 8 heteroatoms. The van der Waals surface area contributed by atoms with Crippen molar-refractivity contribution < 1.29 is 9.90 Å². The number of aromatic nitrogens is 3. The summed E-state index contributed by atoms with van der Waals surface area (Å²) in [5.41, 5.74) is 3.57. The predicted molar refractivity (Wildman–Crippen MR) is 99.0 cm³/mol. The Morgan fingerprint density at radius 3 is 2.68 bits per heavy atom. The third-order valence-electron chi connectivity index (χ3n) is 3.88. The van der Waals surface area contributed by atoms with Crippen molar-refractivity contribution in [3.8, 4) is 16.4 Å². The van der Waals surface area contributed by atoms with Gasteiger partial charge >= 0.3 is 5.97 Å². The van der Waals surface area contributed by atoms with Crippen LogP contribution in [0.4, 0.5) is 0 Å². The summed E-state index contributed by atoms with van der Waals surface area (Å²) in [5.74, 6) is -1.05. The van der Waals surface area contributed by atoms with Gasteiger partial charge in [-0.3, -0.25) is 0 Å². The molecule has 0 fully saturated rings. The number of thiazole rings is 1. The van der Waals surface area contributed by atoms with Gasteiger partial charge in [-0.15, -0.1) is 11.3 Å². The summed E-state index contributed by atoms with van der Waals surface area (Å²) in [6.45, 7) is 0. The second kappa shape index (κ2) is 6.29. The largest absolute Gasteiger partial charge is 0.476 e. The fourth-order valence-electron chi connectivity index (χ4n) is 2.82. The van der Waals surface area contributed by atoms with E-state index < -0.39 is 5.97 Å². The summed E-state index contributed by atoms with van der Waals surface area (Å²) >= 11 is 13.5. The van der Waals surface area contributed by atoms with Gasteiger partial charge in [0.1, 0.15) is 5.69 Å². The van der Waals surface area contributed by atoms with Crippen LogP contribution in [0.15, 0.2) is 29.7 Å². The summed E-state index contributed by atoms with van der Waals surface area (Å²) < 4.78 is 1.72. The van der Waals surface area contributed by atoms with Gasteiger partial charge in [-0.1, -0.05) is 35.4 Å². The molecule has 0 bridgehead atoms. The van der Waals surface area contributed by atoms with Gasteiger partial charge in [0.2, 0.25) is 5.13 Å². The number of carboxylic acid groups (broad SMARTS) is 1. The molecular formula is C17H11Cl2N3O2S. The number of rotatable bonds is 3. The van der Waals surface area contributed by atoms with Crippen molar-refractivity contribution in [2.24, 2.45) is 0 Å². The third kappa shape index (κ3) is 2.97. The van der Waals surface area contributed by atoms with Gasteiger partial charge in [0.25, 0.3) is 0 Å². The van der Waals surface area contributed by atoms with Crippen molar-refractivity contribution in [3.63, 3.8) is 0 Å². The molecule has 2 heterocycles. The van der Waals surface area contributed by atoms with Crippen LogP contribution in [0, 0.1) is 0 Å². The topological polar surface area (TPSA) is 68.0 Å². The highest BCUT2D eigenvalue weighted by Crippen LogP contribution is 2.35. The van der Waals surface area contributed by atoms with E-state index in [0.717, 1.165) is 35.4 Å². The average molecular weight is 392 g/mol. The fourth-order valence-corrected chi connectivity index (χ4v) is 4.12. The first-order chi connectivity index (χ1) is 12.0. The van der Waals surface area contributed by atoms with Gasteiger partial charge < -0.3 is 5.11 Å². The van der Waals surface area contributed by atoms with Crippen LogP contribution >= 0.6 is 34.5 Å². The third-order valence-corrected chi connectivity index (χ3v) is 5.13. The number of carbonyl (C=O) groups is 1. The number of carboxylic acids is 1. The Kier molecular flexibility index (Phi) is 4.11. The van der Waals surface area contributed by atoms with E-state index in [1.54, 1.807) is 10.7 Å². The number of benzene rings is 1. The Bertz CT molecular complexity index is 1000. The lowest BCUT2D eigenvalue weighted by Crippen LogP contribution is -2.05. The predicted octanol–water partition coefficient (Wildman–Crippen LogP) is 4.96. The Hall–Kier alpha value is -2.15. The summed E-state index contributed by atoms with van der Waals surface area (Å²) in [6, 6.07) is 5.30. The first-order valence-electron chi connectivity index (χ1n) is 7.47. The van der Waals surface area contributed by atoms with Crippen LogP contribution in [0.3, 0.4) is 0 Å². The Balaban J connectivity index is 1.90. The number of aromatic carboxylic acids is 1. The van der Waals surface area contributed by atoms with Crippen molar-refractivity contribution in [1.29, 1.82) is 0 Å². The van der Waals surface area contributed by atoms with Crippen LogP contribution in [0.2, 0.25) is 10.0 Å². The van der Waals surface area contributed by atoms with E-state index in [0.29, 0.717) is 15.2 Å². The van der Waals surface area contributed by atoms with Crippen LogP contribution in [0.25, 0.3) is 22.5 Å². The van der Waals surface area contributed by atoms with Crippen LogP contribution in [0.1, 0.15) is 28.2 Å². The maximum absolute atomic E-state index is 11.1. The highest BCUT2D eigenvalue weighted by atomic mass is 35.5. The number of nitrogens with zero attached hydrogens (tertiary/aromatic N) is 3. The molecule has 1 aromatic carbocycles. The van der Waals surface area contributed by atoms with Crippen LogP contribution in [-0.2, 0) is 6.42 Å². The lowest BCUT2D eigenvalue weighted by Gasteiger charge is -2.08. The normalized spacial score (nSPS) is 13.0. The van der Waals surface area contributed by atoms with Crippen LogP contribution < -0.4 is 0 Å². The zero-order valence-corrected chi connectivity index (χ0v) is 15.1. The van der Waals surface area contributed by atoms with E-state index >= 15 is 0 Å². The summed E-state index contributed by atoms with van der Waals surface area (Å²) in [6.07, 6.45) is 5.81. The quantitative estimate of drug-likeness (QED) is 0.684. The lowest BCUT2D eigenvalue weighted by atomic mass is 9.99. The second-order valence-corrected chi connectivity index (χ2v) is 7.25. The molecule has 0 spiro atoms. The van der Waals surface area contributed by atoms with Gasteiger partial charge in [-0.25, -0.2) is 14.5 Å². The average Bonchev–Trinajstić information content (AvgIpc) is 3.18. The van der Waals surface area contributed by atoms with Gasteiger partial charge in [-0.05, 0) is 31.0 Å². The highest BCUT2D eigenvalue weighted by Gasteiger charge is 2.22. The number of fused-ring (bicyclic) bond motifs is 1. The lowest BCUT2D eigenvalue weighted by molar-refractivity contribution is 0.0691. The zero-order valence-electron chi connectivity index (χ0n) is 12.7. The molecule has 2 aromatic heterocycles. The SMILES string of the molecule is O=C(O)c1csc(-n2nc(-c3cc(Cl)cc(Cl)c3)c3c2CCC=C3)n1. The molecule has 0 atom stereocenters. The van der Waals surface area contributed by atoms with Crippen LogP contribution in [0.5, 0.6) is 0 Å². The van der Waals surface area contributed by atoms with E-state index in [2.05, 4.69) is 11.1 Å². The number of hydrogen-bond acceptors (Lipinski definition) is 4. The molecule has 1 aliphatic carbocycles. The zero-order chi connectivity index (χ0) is 17.6. The Morgan fingerprint density at radius 2 is 2.00 bits per heavy atom. The van der Waals surface area contributed by atoms with E-state index in [1.165, 1.54) is 16.7 Å². The first kappa shape index (κ1) is 16.3. The molecule has 3 aromatic rings. The molecule has 4 rings (SSSR count). The maximum atomic E-state index is 11.1. The molecule has 0 radical (unpaired) electrons. The summed E-state index contributed by atoms with van der Waals surface area (Å²) in [7, 11) is 0. The first-order valence-corrected chi connectivity index (χ1v) is 9.10. The molecular weight excluding hydrogens is 381 g/mol. The molecule has 0 saturated carbocycles. The van der Waals surface area contributed by atoms with Gasteiger partial charge in [0.15, 0.2) is 5.69 Å². The van der Waals surface area contributed by atoms with Crippen molar-refractivity contribution in [3.05, 3.63) is 56.7 Å². The van der Waals surface area contributed by atoms with Crippen LogP contribution in [-0.4, -0.2) is 25.8 Å². The van der Waals surface area contributed by atoms with Gasteiger partial charge in [0.05, 0.1) is 5.69 Å². The minimum Gasteiger partial charge on any atom is -0.476 e. The van der Waals surface area contributed by atoms with Gasteiger partial charge in [-0.2, -0.15) is 5.10 Å². The van der Waals surface area contributed by atoms with Crippen molar-refractivity contribution in [1.82, 2.24) is 14.8 Å². The molecule has 0 unspecified atom stereocenters. The fraction of sp³-hybridized carbons (Fsp3) is 0.118. The maximum Gasteiger partial charge on any atom is 0.355 e. The molecule has 0 aliphatic heterocycles. The van der Waals surface area contributed by atoms with E-state index in [-0.39, 0.29) is 5.69 Å². The minimum atomic E-state index is -1.05. The van der Waals surface area contributed by atoms with E-state index in [9.17, 15) is 4.79 Å². The molecule has 1 N–H and O–H groups in total. The number of allylic oxidation sites excluding steroid dienone is 1. The highest BCUT2D eigenvalue weighted by molar-refractivity contribution is 7.12. The Morgan fingerprint density at radius 1 is 1.24 bits per heavy atom. The summed E-state index contributed by atoms with van der Waals surface area (Å²) in [4.78, 5) is 15.3. The molecule has 1 aliphatic rings. The van der Waals surface area contributed by atoms with E-state index in [4.69, 9.17) is 33.4 Å². The summed E-state index contributed by atoms with van der Waals surface area (Å²) in [5, 5.41) is 16.9. The molecule has 0 amide bonds. The monoisotopic (exact) mass is 391 g/mol. The Labute approximate surface area is 157 Å². The standard InChI is InChI=1S/C17H11Cl2N3O2S/c18-10-5-9(6-11(19)7-10)15-12-3-1-2-4-14(12)22(21-15)17-20-13(8-25-17)16(23)24/h1,3,5-8H,2,4H2,(H,23,24). The molecule has 25 heavy (non-hydrogen) atoms. The van der Waals surface area contributed by atoms with Crippen molar-refractivity contribution >= 4 is 46.6 Å². The number of halogens is 2. The van der Waals surface area contributed by atoms with Crippen molar-refractivity contribution in [2.75, 3.05) is 0 Å². The molecule has 0 saturated heterocycles. The minimum absolute atomic E-state index is 0.0166. The van der Waals surface area contributed by atoms with E-state index in [1.807, 2.05) is 18.2 Å². The second-order valence-electron chi connectivity index (χ2n) is 5.54.